The highest BCUT2D eigenvalue weighted by Gasteiger charge is 2.19. The summed E-state index contributed by atoms with van der Waals surface area (Å²) in [7, 11) is 0. The average molecular weight is 411 g/mol. The predicted molar refractivity (Wildman–Crippen MR) is 108 cm³/mol. The van der Waals surface area contributed by atoms with Crippen LogP contribution in [0.4, 0.5) is 4.79 Å². The van der Waals surface area contributed by atoms with Gasteiger partial charge in [-0.15, -0.1) is 10.2 Å². The molecule has 0 aliphatic heterocycles. The van der Waals surface area contributed by atoms with Crippen LogP contribution in [0.3, 0.4) is 0 Å². The van der Waals surface area contributed by atoms with Crippen molar-refractivity contribution in [2.24, 2.45) is 0 Å². The molecule has 0 radical (unpaired) electrons. The topological polar surface area (TPSA) is 84.0 Å². The lowest BCUT2D eigenvalue weighted by Gasteiger charge is -2.10. The number of nitrogens with one attached hydrogen (secondary N) is 2. The molecule has 9 heteroatoms. The van der Waals surface area contributed by atoms with E-state index in [0.29, 0.717) is 6.54 Å². The van der Waals surface area contributed by atoms with Crippen LogP contribution in [0, 0.1) is 0 Å². The van der Waals surface area contributed by atoms with Crippen LogP contribution in [0.1, 0.15) is 32.3 Å². The maximum absolute atomic E-state index is 12.1. The van der Waals surface area contributed by atoms with E-state index in [-0.39, 0.29) is 5.91 Å². The quantitative estimate of drug-likeness (QED) is 0.481. The summed E-state index contributed by atoms with van der Waals surface area (Å²) in [6, 6.07) is 9.02. The molecule has 1 heterocycles. The van der Waals surface area contributed by atoms with Crippen LogP contribution in [-0.4, -0.2) is 33.1 Å². The van der Waals surface area contributed by atoms with Gasteiger partial charge in [-0.05, 0) is 18.9 Å². The summed E-state index contributed by atoms with van der Waals surface area (Å²) in [4.78, 5) is 24.0. The van der Waals surface area contributed by atoms with Gasteiger partial charge >= 0.3 is 6.03 Å². The Morgan fingerprint density at radius 1 is 1.19 bits per heavy atom. The number of imide groups is 1. The lowest BCUT2D eigenvalue weighted by atomic mass is 10.2. The van der Waals surface area contributed by atoms with Crippen LogP contribution in [-0.2, 0) is 11.3 Å². The van der Waals surface area contributed by atoms with Gasteiger partial charge in [-0.2, -0.15) is 0 Å². The van der Waals surface area contributed by atoms with E-state index >= 15 is 0 Å². The Labute approximate surface area is 165 Å². The third-order valence-corrected chi connectivity index (χ3v) is 6.62. The van der Waals surface area contributed by atoms with Crippen molar-refractivity contribution in [1.82, 2.24) is 20.8 Å². The van der Waals surface area contributed by atoms with E-state index < -0.39 is 11.3 Å². The standard InChI is InChI=1S/C17H22N4O2S3/c1-3-4-10-24-16-20-21-17(26-16)25-12(2)14(22)19-15(23)18-11-13-8-6-5-7-9-13/h5-9,12H,3-4,10-11H2,1-2H3,(H2,18,19,22,23)/t12-/m1/s1. The van der Waals surface area contributed by atoms with E-state index in [9.17, 15) is 9.59 Å². The molecule has 0 fully saturated rings. The van der Waals surface area contributed by atoms with Crippen molar-refractivity contribution in [3.63, 3.8) is 0 Å². The molecule has 2 N–H and O–H groups in total. The summed E-state index contributed by atoms with van der Waals surface area (Å²) in [5, 5.41) is 12.8. The maximum Gasteiger partial charge on any atom is 0.321 e. The molecule has 1 aromatic carbocycles. The van der Waals surface area contributed by atoms with Crippen LogP contribution in [0.25, 0.3) is 0 Å². The number of rotatable bonds is 9. The van der Waals surface area contributed by atoms with Gasteiger partial charge in [-0.3, -0.25) is 10.1 Å². The van der Waals surface area contributed by atoms with Gasteiger partial charge in [0.2, 0.25) is 5.91 Å². The fourth-order valence-corrected chi connectivity index (χ4v) is 5.17. The fraction of sp³-hybridized carbons (Fsp3) is 0.412. The Morgan fingerprint density at radius 2 is 1.92 bits per heavy atom. The maximum atomic E-state index is 12.1. The number of nitrogens with zero attached hydrogens (tertiary/aromatic N) is 2. The van der Waals surface area contributed by atoms with Gasteiger partial charge in [0.25, 0.3) is 0 Å². The predicted octanol–water partition coefficient (Wildman–Crippen LogP) is 3.94. The molecule has 26 heavy (non-hydrogen) atoms. The molecule has 0 spiro atoms. The van der Waals surface area contributed by atoms with Gasteiger partial charge < -0.3 is 5.32 Å². The van der Waals surface area contributed by atoms with E-state index in [0.717, 1.165) is 32.8 Å². The van der Waals surface area contributed by atoms with Crippen LogP contribution in [0.5, 0.6) is 0 Å². The Bertz CT molecular complexity index is 709. The van der Waals surface area contributed by atoms with Crippen molar-refractivity contribution >= 4 is 46.8 Å². The second-order valence-corrected chi connectivity index (χ2v) is 9.36. The number of aromatic nitrogens is 2. The van der Waals surface area contributed by atoms with E-state index in [2.05, 4.69) is 27.8 Å². The summed E-state index contributed by atoms with van der Waals surface area (Å²) in [6.45, 7) is 4.27. The highest BCUT2D eigenvalue weighted by atomic mass is 32.2. The summed E-state index contributed by atoms with van der Waals surface area (Å²) in [5.74, 6) is 0.670. The molecule has 140 valence electrons. The van der Waals surface area contributed by atoms with E-state index in [1.165, 1.54) is 23.1 Å². The summed E-state index contributed by atoms with van der Waals surface area (Å²) in [6.07, 6.45) is 2.29. The first-order chi connectivity index (χ1) is 12.6. The molecular weight excluding hydrogens is 388 g/mol. The molecule has 0 saturated carbocycles. The summed E-state index contributed by atoms with van der Waals surface area (Å²) >= 11 is 4.47. The van der Waals surface area contributed by atoms with Gasteiger partial charge in [-0.1, -0.05) is 78.5 Å². The molecule has 2 rings (SSSR count). The highest BCUT2D eigenvalue weighted by molar-refractivity contribution is 8.03. The van der Waals surface area contributed by atoms with Crippen molar-refractivity contribution in [2.45, 2.75) is 47.2 Å². The normalized spacial score (nSPS) is 11.8. The zero-order chi connectivity index (χ0) is 18.8. The molecule has 2 aromatic rings. The molecule has 0 saturated heterocycles. The smallest absolute Gasteiger partial charge is 0.321 e. The number of carbonyl (C=O) groups excluding carboxylic acids is 2. The van der Waals surface area contributed by atoms with Crippen LogP contribution < -0.4 is 10.6 Å². The van der Waals surface area contributed by atoms with Crippen molar-refractivity contribution < 1.29 is 9.59 Å². The second-order valence-electron chi connectivity index (χ2n) is 5.45. The van der Waals surface area contributed by atoms with Crippen molar-refractivity contribution in [3.8, 4) is 0 Å². The molecule has 0 aliphatic carbocycles. The molecule has 1 aromatic heterocycles. The lowest BCUT2D eigenvalue weighted by Crippen LogP contribution is -2.42. The third kappa shape index (κ3) is 7.35. The number of urea groups is 1. The molecule has 0 aliphatic rings. The first-order valence-corrected chi connectivity index (χ1v) is 11.0. The molecule has 3 amide bonds. The zero-order valence-electron chi connectivity index (χ0n) is 14.7. The number of unbranched alkanes of at least 4 members (excludes halogenated alkanes) is 1. The number of hydrogen-bond donors (Lipinski definition) is 2. The minimum atomic E-state index is -0.501. The van der Waals surface area contributed by atoms with Crippen molar-refractivity contribution in [3.05, 3.63) is 35.9 Å². The zero-order valence-corrected chi connectivity index (χ0v) is 17.2. The number of amides is 3. The Balaban J connectivity index is 1.73. The molecule has 1 atom stereocenters. The number of carbonyl (C=O) groups is 2. The first-order valence-electron chi connectivity index (χ1n) is 8.34. The van der Waals surface area contributed by atoms with E-state index in [1.807, 2.05) is 30.3 Å². The van der Waals surface area contributed by atoms with Crippen LogP contribution in [0.15, 0.2) is 39.0 Å². The van der Waals surface area contributed by atoms with Gasteiger partial charge in [0.1, 0.15) is 0 Å². The van der Waals surface area contributed by atoms with Crippen LogP contribution >= 0.6 is 34.9 Å². The monoisotopic (exact) mass is 410 g/mol. The number of benzene rings is 1. The Hall–Kier alpha value is -1.58. The van der Waals surface area contributed by atoms with Crippen molar-refractivity contribution in [2.75, 3.05) is 5.75 Å². The van der Waals surface area contributed by atoms with Crippen LogP contribution in [0.2, 0.25) is 0 Å². The minimum Gasteiger partial charge on any atom is -0.334 e. The minimum absolute atomic E-state index is 0.351. The average Bonchev–Trinajstić information content (AvgIpc) is 3.08. The molecular formula is C17H22N4O2S3. The van der Waals surface area contributed by atoms with E-state index in [1.54, 1.807) is 18.7 Å². The largest absolute Gasteiger partial charge is 0.334 e. The van der Waals surface area contributed by atoms with E-state index in [4.69, 9.17) is 0 Å². The molecule has 6 nitrogen and oxygen atoms in total. The van der Waals surface area contributed by atoms with Gasteiger partial charge in [0.05, 0.1) is 5.25 Å². The lowest BCUT2D eigenvalue weighted by molar-refractivity contribution is -0.119. The first kappa shape index (κ1) is 20.7. The summed E-state index contributed by atoms with van der Waals surface area (Å²) in [5.41, 5.74) is 0.972. The Kier molecular flexibility index (Phi) is 8.93. The summed E-state index contributed by atoms with van der Waals surface area (Å²) < 4.78 is 1.64. The second kappa shape index (κ2) is 11.2. The molecule has 0 unspecified atom stereocenters. The third-order valence-electron chi connectivity index (χ3n) is 3.29. The molecule has 0 bridgehead atoms. The van der Waals surface area contributed by atoms with Gasteiger partial charge in [-0.25, -0.2) is 4.79 Å². The number of thioether (sulfide) groups is 2. The van der Waals surface area contributed by atoms with Crippen molar-refractivity contribution in [1.29, 1.82) is 0 Å². The Morgan fingerprint density at radius 3 is 2.65 bits per heavy atom. The SMILES string of the molecule is CCCCSc1nnc(S[C@H](C)C(=O)NC(=O)NCc2ccccc2)s1. The highest BCUT2D eigenvalue weighted by Crippen LogP contribution is 2.31. The van der Waals surface area contributed by atoms with Gasteiger partial charge in [0.15, 0.2) is 8.68 Å². The number of hydrogen-bond acceptors (Lipinski definition) is 7. The van der Waals surface area contributed by atoms with Gasteiger partial charge in [0, 0.05) is 12.3 Å². The fourth-order valence-electron chi connectivity index (χ4n) is 1.85.